The number of ether oxygens (including phenoxy) is 1. The Hall–Kier alpha value is -3.40. The van der Waals surface area contributed by atoms with Crippen molar-refractivity contribution in [2.75, 3.05) is 0 Å². The zero-order valence-corrected chi connectivity index (χ0v) is 24.1. The van der Waals surface area contributed by atoms with Crippen LogP contribution in [0.3, 0.4) is 0 Å². The van der Waals surface area contributed by atoms with Gasteiger partial charge in [0.1, 0.15) is 6.10 Å². The summed E-state index contributed by atoms with van der Waals surface area (Å²) in [6.07, 6.45) is 33.2. The summed E-state index contributed by atoms with van der Waals surface area (Å²) >= 11 is 0. The molecule has 1 aliphatic rings. The van der Waals surface area contributed by atoms with Crippen LogP contribution >= 0.6 is 0 Å². The van der Waals surface area contributed by atoms with Crippen molar-refractivity contribution in [1.82, 2.24) is 4.90 Å². The molecule has 4 nitrogen and oxygen atoms in total. The lowest BCUT2D eigenvalue weighted by atomic mass is 9.96. The average Bonchev–Trinajstić information content (AvgIpc) is 3.25. The van der Waals surface area contributed by atoms with Crippen molar-refractivity contribution in [3.8, 4) is 0 Å². The van der Waals surface area contributed by atoms with Gasteiger partial charge in [-0.1, -0.05) is 124 Å². The lowest BCUT2D eigenvalue weighted by molar-refractivity contribution is -0.133. The molecule has 39 heavy (non-hydrogen) atoms. The van der Waals surface area contributed by atoms with E-state index in [9.17, 15) is 9.59 Å². The van der Waals surface area contributed by atoms with Crippen molar-refractivity contribution in [3.05, 3.63) is 109 Å². The van der Waals surface area contributed by atoms with E-state index < -0.39 is 12.2 Å². The molecule has 3 atom stereocenters. The molecule has 0 aliphatic carbocycles. The lowest BCUT2D eigenvalue weighted by Gasteiger charge is -2.23. The van der Waals surface area contributed by atoms with E-state index in [0.717, 1.165) is 56.9 Å². The van der Waals surface area contributed by atoms with Crippen molar-refractivity contribution < 1.29 is 14.3 Å². The highest BCUT2D eigenvalue weighted by Gasteiger charge is 2.44. The van der Waals surface area contributed by atoms with E-state index in [0.29, 0.717) is 6.42 Å². The predicted molar refractivity (Wildman–Crippen MR) is 163 cm³/mol. The van der Waals surface area contributed by atoms with Gasteiger partial charge in [-0.2, -0.15) is 0 Å². The lowest BCUT2D eigenvalue weighted by Crippen LogP contribution is -2.41. The van der Waals surface area contributed by atoms with Crippen molar-refractivity contribution in [2.24, 2.45) is 5.92 Å². The van der Waals surface area contributed by atoms with Gasteiger partial charge in [-0.25, -0.2) is 9.69 Å². The highest BCUT2D eigenvalue weighted by Crippen LogP contribution is 2.34. The van der Waals surface area contributed by atoms with Gasteiger partial charge in [-0.3, -0.25) is 4.79 Å². The Morgan fingerprint density at radius 3 is 1.77 bits per heavy atom. The molecule has 1 aromatic carbocycles. The van der Waals surface area contributed by atoms with E-state index in [4.69, 9.17) is 4.74 Å². The number of cyclic esters (lactones) is 1. The number of nitrogens with zero attached hydrogens (tertiary/aromatic N) is 1. The monoisotopic (exact) mass is 529 g/mol. The minimum absolute atomic E-state index is 0.132. The molecule has 1 aromatic rings. The molecule has 2 rings (SSSR count). The van der Waals surface area contributed by atoms with Gasteiger partial charge in [0.05, 0.1) is 6.04 Å². The molecule has 2 amide bonds. The molecule has 210 valence electrons. The molecule has 1 heterocycles. The maximum atomic E-state index is 13.3. The van der Waals surface area contributed by atoms with Gasteiger partial charge in [0.2, 0.25) is 5.91 Å². The number of carbonyl (C=O) groups is 2. The third-order valence-corrected chi connectivity index (χ3v) is 6.64. The molecule has 1 aliphatic heterocycles. The maximum absolute atomic E-state index is 13.3. The molecule has 0 aromatic heterocycles. The third-order valence-electron chi connectivity index (χ3n) is 6.64. The van der Waals surface area contributed by atoms with E-state index in [2.05, 4.69) is 86.8 Å². The Kier molecular flexibility index (Phi) is 16.0. The number of hydrogen-bond donors (Lipinski definition) is 0. The zero-order valence-electron chi connectivity index (χ0n) is 24.1. The second-order valence-electron chi connectivity index (χ2n) is 9.80. The first kappa shape index (κ1) is 31.8. The van der Waals surface area contributed by atoms with E-state index in [1.165, 1.54) is 4.90 Å². The van der Waals surface area contributed by atoms with E-state index >= 15 is 0 Å². The van der Waals surface area contributed by atoms with Crippen LogP contribution in [0, 0.1) is 5.92 Å². The number of hydrogen-bond acceptors (Lipinski definition) is 3. The topological polar surface area (TPSA) is 46.6 Å². The second kappa shape index (κ2) is 19.6. The Bertz CT molecular complexity index is 1020. The standard InChI is InChI=1S/C35H47NO3/c1-4-6-7-8-9-10-11-12-13-14-15-16-17-18-19-20-21-23-29-32(26-5-2)34(37)36-30(3)33(39-35(36)38)31-27-24-22-25-28-31/h6-7,9-10,12-13,15-16,18-19,21-25,27-28,30,32-33H,4-5,8,11,14,17,20,26,29H2,1-3H3/b7-6-,10-9-,13-12-,16-15-,19-18-,23-21-/t30-,32+,33-/m0/s1. The van der Waals surface area contributed by atoms with Crippen LogP contribution in [-0.2, 0) is 9.53 Å². The summed E-state index contributed by atoms with van der Waals surface area (Å²) in [6, 6.07) is 9.31. The van der Waals surface area contributed by atoms with Crippen LogP contribution in [0.1, 0.15) is 90.2 Å². The van der Waals surface area contributed by atoms with Crippen LogP contribution in [0.25, 0.3) is 0 Å². The molecular formula is C35H47NO3. The van der Waals surface area contributed by atoms with Crippen molar-refractivity contribution >= 4 is 12.0 Å². The minimum atomic E-state index is -0.537. The molecule has 0 saturated carbocycles. The summed E-state index contributed by atoms with van der Waals surface area (Å²) in [5.74, 6) is -0.351. The zero-order chi connectivity index (χ0) is 28.1. The first-order valence-corrected chi connectivity index (χ1v) is 14.6. The Balaban J connectivity index is 1.70. The van der Waals surface area contributed by atoms with Gasteiger partial charge >= 0.3 is 6.09 Å². The van der Waals surface area contributed by atoms with Gasteiger partial charge in [-0.05, 0) is 63.9 Å². The molecule has 0 bridgehead atoms. The Morgan fingerprint density at radius 1 is 0.795 bits per heavy atom. The SMILES string of the molecule is CC/C=C\C/C=C\C/C=C\C/C=C\C/C=C\C/C=C\C[C@@H](CCC)C(=O)N1C(=O)O[C@H](c2ccccc2)[C@@H]1C. The van der Waals surface area contributed by atoms with Crippen LogP contribution < -0.4 is 0 Å². The average molecular weight is 530 g/mol. The summed E-state index contributed by atoms with van der Waals surface area (Å²) < 4.78 is 5.59. The summed E-state index contributed by atoms with van der Waals surface area (Å²) in [5.41, 5.74) is 0.914. The number of rotatable bonds is 17. The van der Waals surface area contributed by atoms with Gasteiger partial charge in [0.15, 0.2) is 0 Å². The van der Waals surface area contributed by atoms with E-state index in [-0.39, 0.29) is 17.9 Å². The molecule has 0 unspecified atom stereocenters. The number of allylic oxidation sites excluding steroid dienone is 12. The first-order valence-electron chi connectivity index (χ1n) is 14.6. The highest BCUT2D eigenvalue weighted by molar-refractivity contribution is 5.95. The number of amides is 2. The Labute approximate surface area is 236 Å². The fourth-order valence-corrected chi connectivity index (χ4v) is 4.52. The van der Waals surface area contributed by atoms with E-state index in [1.54, 1.807) is 0 Å². The van der Waals surface area contributed by atoms with Crippen LogP contribution in [0.5, 0.6) is 0 Å². The van der Waals surface area contributed by atoms with Crippen LogP contribution in [0.4, 0.5) is 4.79 Å². The molecule has 0 radical (unpaired) electrons. The molecule has 1 fully saturated rings. The van der Waals surface area contributed by atoms with Gasteiger partial charge < -0.3 is 4.74 Å². The van der Waals surface area contributed by atoms with Crippen LogP contribution in [-0.4, -0.2) is 22.9 Å². The molecule has 0 spiro atoms. The van der Waals surface area contributed by atoms with Gasteiger partial charge in [0, 0.05) is 5.92 Å². The van der Waals surface area contributed by atoms with Crippen LogP contribution in [0.2, 0.25) is 0 Å². The predicted octanol–water partition coefficient (Wildman–Crippen LogP) is 9.60. The quantitative estimate of drug-likeness (QED) is 0.189. The van der Waals surface area contributed by atoms with E-state index in [1.807, 2.05) is 37.3 Å². The summed E-state index contributed by atoms with van der Waals surface area (Å²) in [5, 5.41) is 0. The van der Waals surface area contributed by atoms with Crippen molar-refractivity contribution in [2.45, 2.75) is 90.7 Å². The largest absolute Gasteiger partial charge is 0.439 e. The summed E-state index contributed by atoms with van der Waals surface area (Å²) in [4.78, 5) is 27.2. The maximum Gasteiger partial charge on any atom is 0.417 e. The third kappa shape index (κ3) is 11.9. The van der Waals surface area contributed by atoms with Crippen molar-refractivity contribution in [1.29, 1.82) is 0 Å². The number of imide groups is 1. The number of carbonyl (C=O) groups excluding carboxylic acids is 2. The fraction of sp³-hybridized carbons (Fsp3) is 0.429. The van der Waals surface area contributed by atoms with Gasteiger partial charge in [-0.15, -0.1) is 0 Å². The van der Waals surface area contributed by atoms with Crippen molar-refractivity contribution in [3.63, 3.8) is 0 Å². The number of benzene rings is 1. The Morgan fingerprint density at radius 2 is 1.28 bits per heavy atom. The summed E-state index contributed by atoms with van der Waals surface area (Å²) in [7, 11) is 0. The smallest absolute Gasteiger partial charge is 0.417 e. The second-order valence-corrected chi connectivity index (χ2v) is 9.80. The van der Waals surface area contributed by atoms with Gasteiger partial charge in [0.25, 0.3) is 0 Å². The normalized spacial score (nSPS) is 19.2. The highest BCUT2D eigenvalue weighted by atomic mass is 16.6. The summed E-state index contributed by atoms with van der Waals surface area (Å²) in [6.45, 7) is 6.11. The molecular weight excluding hydrogens is 482 g/mol. The molecule has 4 heteroatoms. The van der Waals surface area contributed by atoms with Crippen LogP contribution in [0.15, 0.2) is 103 Å². The molecule has 1 saturated heterocycles. The first-order chi connectivity index (χ1) is 19.1. The minimum Gasteiger partial charge on any atom is -0.439 e. The molecule has 0 N–H and O–H groups in total. The fourth-order valence-electron chi connectivity index (χ4n) is 4.52.